The number of hydrogen-bond donors (Lipinski definition) is 3. The third kappa shape index (κ3) is 2.54. The number of imide groups is 1. The summed E-state index contributed by atoms with van der Waals surface area (Å²) < 4.78 is 1.58. The lowest BCUT2D eigenvalue weighted by atomic mass is 9.86. The minimum absolute atomic E-state index is 0.0390. The van der Waals surface area contributed by atoms with Crippen molar-refractivity contribution in [2.75, 3.05) is 22.1 Å². The SMILES string of the molecule is CC1(C)C(=O)Nc2cc(Nc3nc4c(N5C=C6C(=O)NC(=O)C6C5)nccn4n3)ccc21. The van der Waals surface area contributed by atoms with Crippen molar-refractivity contribution < 1.29 is 14.4 Å². The van der Waals surface area contributed by atoms with Gasteiger partial charge in [-0.25, -0.2) is 9.50 Å². The highest BCUT2D eigenvalue weighted by atomic mass is 16.2. The van der Waals surface area contributed by atoms with E-state index in [-0.39, 0.29) is 17.7 Å². The van der Waals surface area contributed by atoms with Crippen LogP contribution in [0.1, 0.15) is 19.4 Å². The summed E-state index contributed by atoms with van der Waals surface area (Å²) in [6.45, 7) is 4.09. The second-order valence-corrected chi connectivity index (χ2v) is 8.53. The first-order valence-corrected chi connectivity index (χ1v) is 10.1. The lowest BCUT2D eigenvalue weighted by molar-refractivity contribution is -0.125. The molecule has 11 heteroatoms. The Balaban J connectivity index is 1.32. The molecule has 5 heterocycles. The van der Waals surface area contributed by atoms with Crippen molar-refractivity contribution >= 4 is 46.5 Å². The number of carbonyl (C=O) groups is 3. The van der Waals surface area contributed by atoms with E-state index in [1.807, 2.05) is 32.0 Å². The van der Waals surface area contributed by atoms with Crippen molar-refractivity contribution in [2.24, 2.45) is 5.92 Å². The molecule has 3 amide bonds. The number of nitrogens with zero attached hydrogens (tertiary/aromatic N) is 5. The van der Waals surface area contributed by atoms with Gasteiger partial charge in [0, 0.05) is 42.1 Å². The van der Waals surface area contributed by atoms with Crippen LogP contribution in [0, 0.1) is 5.92 Å². The molecule has 1 fully saturated rings. The van der Waals surface area contributed by atoms with Crippen LogP contribution >= 0.6 is 0 Å². The van der Waals surface area contributed by atoms with E-state index < -0.39 is 11.3 Å². The minimum Gasteiger partial charge on any atom is -0.328 e. The molecule has 3 N–H and O–H groups in total. The van der Waals surface area contributed by atoms with Crippen molar-refractivity contribution in [3.05, 3.63) is 47.9 Å². The number of hydrogen-bond acceptors (Lipinski definition) is 8. The number of nitrogens with one attached hydrogen (secondary N) is 3. The average Bonchev–Trinajstić information content (AvgIpc) is 3.47. The lowest BCUT2D eigenvalue weighted by Crippen LogP contribution is -2.29. The number of benzene rings is 1. The second kappa shape index (κ2) is 6.13. The second-order valence-electron chi connectivity index (χ2n) is 8.53. The molecule has 0 saturated carbocycles. The molecule has 3 aromatic rings. The fraction of sp³-hybridized carbons (Fsp3) is 0.238. The molecule has 11 nitrogen and oxygen atoms in total. The van der Waals surface area contributed by atoms with Crippen molar-refractivity contribution in [3.63, 3.8) is 0 Å². The largest absolute Gasteiger partial charge is 0.328 e. The summed E-state index contributed by atoms with van der Waals surface area (Å²) in [6.07, 6.45) is 4.90. The van der Waals surface area contributed by atoms with E-state index in [2.05, 4.69) is 31.0 Å². The first-order chi connectivity index (χ1) is 15.3. The van der Waals surface area contributed by atoms with Crippen LogP contribution in [0.15, 0.2) is 42.4 Å². The molecule has 1 atom stereocenters. The third-order valence-electron chi connectivity index (χ3n) is 6.14. The maximum absolute atomic E-state index is 12.2. The van der Waals surface area contributed by atoms with Crippen molar-refractivity contribution in [1.29, 1.82) is 0 Å². The zero-order chi connectivity index (χ0) is 22.2. The zero-order valence-corrected chi connectivity index (χ0v) is 17.2. The van der Waals surface area contributed by atoms with Gasteiger partial charge in [0.1, 0.15) is 0 Å². The van der Waals surface area contributed by atoms with Crippen molar-refractivity contribution in [1.82, 2.24) is 24.9 Å². The lowest BCUT2D eigenvalue weighted by Gasteiger charge is -2.15. The third-order valence-corrected chi connectivity index (χ3v) is 6.14. The van der Waals surface area contributed by atoms with Gasteiger partial charge < -0.3 is 15.5 Å². The topological polar surface area (TPSA) is 134 Å². The van der Waals surface area contributed by atoms with Crippen molar-refractivity contribution in [2.45, 2.75) is 19.3 Å². The highest BCUT2D eigenvalue weighted by Crippen LogP contribution is 2.39. The van der Waals surface area contributed by atoms with Crippen LogP contribution < -0.4 is 20.9 Å². The zero-order valence-electron chi connectivity index (χ0n) is 17.2. The van der Waals surface area contributed by atoms with Gasteiger partial charge >= 0.3 is 0 Å². The Morgan fingerprint density at radius 3 is 2.84 bits per heavy atom. The van der Waals surface area contributed by atoms with Gasteiger partial charge in [-0.2, -0.15) is 4.98 Å². The summed E-state index contributed by atoms with van der Waals surface area (Å²) in [5.41, 5.74) is 2.77. The Labute approximate surface area is 181 Å². The quantitative estimate of drug-likeness (QED) is 0.526. The molecule has 160 valence electrons. The smallest absolute Gasteiger partial charge is 0.256 e. The standard InChI is InChI=1S/C21H18N8O3/c1-21(2)13-4-3-10(7-14(13)24-19(21)32)23-20-25-16-15(22-5-6-29(16)27-20)28-8-11-12(9-28)18(31)26-17(11)30/h3-8,12H,9H2,1-2H3,(H,23,27)(H,24,32)(H,26,30,31). The molecule has 1 saturated heterocycles. The Morgan fingerprint density at radius 1 is 1.19 bits per heavy atom. The fourth-order valence-electron chi connectivity index (χ4n) is 4.33. The van der Waals surface area contributed by atoms with E-state index in [4.69, 9.17) is 0 Å². The maximum atomic E-state index is 12.2. The van der Waals surface area contributed by atoms with Crippen LogP contribution in [-0.2, 0) is 19.8 Å². The molecule has 0 spiro atoms. The van der Waals surface area contributed by atoms with Crippen molar-refractivity contribution in [3.8, 4) is 0 Å². The predicted molar refractivity (Wildman–Crippen MR) is 114 cm³/mol. The predicted octanol–water partition coefficient (Wildman–Crippen LogP) is 1.07. The van der Waals surface area contributed by atoms with Crippen LogP contribution in [-0.4, -0.2) is 43.8 Å². The van der Waals surface area contributed by atoms with E-state index in [1.54, 1.807) is 28.0 Å². The van der Waals surface area contributed by atoms with E-state index in [1.165, 1.54) is 0 Å². The summed E-state index contributed by atoms with van der Waals surface area (Å²) in [5, 5.41) is 12.8. The van der Waals surface area contributed by atoms with Gasteiger partial charge in [-0.05, 0) is 31.5 Å². The number of anilines is 4. The van der Waals surface area contributed by atoms with Crippen LogP contribution in [0.5, 0.6) is 0 Å². The first kappa shape index (κ1) is 18.5. The minimum atomic E-state index is -0.573. The van der Waals surface area contributed by atoms with Gasteiger partial charge in [-0.3, -0.25) is 19.7 Å². The highest BCUT2D eigenvalue weighted by molar-refractivity contribution is 6.16. The number of amides is 3. The number of aromatic nitrogens is 4. The van der Waals surface area contributed by atoms with Gasteiger partial charge in [0.2, 0.25) is 23.4 Å². The highest BCUT2D eigenvalue weighted by Gasteiger charge is 2.42. The van der Waals surface area contributed by atoms with E-state index in [0.717, 1.165) is 16.9 Å². The molecule has 2 aromatic heterocycles. The number of rotatable bonds is 3. The van der Waals surface area contributed by atoms with Gasteiger partial charge in [0.25, 0.3) is 5.91 Å². The fourth-order valence-corrected chi connectivity index (χ4v) is 4.33. The van der Waals surface area contributed by atoms with Crippen LogP contribution in [0.25, 0.3) is 5.65 Å². The summed E-state index contributed by atoms with van der Waals surface area (Å²) in [5.74, 6) is -0.363. The van der Waals surface area contributed by atoms with E-state index in [9.17, 15) is 14.4 Å². The molecule has 0 radical (unpaired) electrons. The average molecular weight is 430 g/mol. The summed E-state index contributed by atoms with van der Waals surface area (Å²) in [4.78, 5) is 46.8. The van der Waals surface area contributed by atoms with Gasteiger partial charge in [0.15, 0.2) is 5.82 Å². The van der Waals surface area contributed by atoms with Crippen LogP contribution in [0.3, 0.4) is 0 Å². The first-order valence-electron chi connectivity index (χ1n) is 10.1. The summed E-state index contributed by atoms with van der Waals surface area (Å²) in [6, 6.07) is 5.64. The Morgan fingerprint density at radius 2 is 2.03 bits per heavy atom. The number of carbonyl (C=O) groups excluding carboxylic acids is 3. The molecule has 1 unspecified atom stereocenters. The normalized spacial score (nSPS) is 20.8. The Bertz CT molecular complexity index is 1390. The monoisotopic (exact) mass is 430 g/mol. The van der Waals surface area contributed by atoms with Gasteiger partial charge in [-0.1, -0.05) is 6.07 Å². The Kier molecular flexibility index (Phi) is 3.54. The maximum Gasteiger partial charge on any atom is 0.256 e. The molecule has 0 bridgehead atoms. The van der Waals surface area contributed by atoms with E-state index in [0.29, 0.717) is 29.5 Å². The summed E-state index contributed by atoms with van der Waals surface area (Å²) >= 11 is 0. The molecule has 3 aliphatic rings. The van der Waals surface area contributed by atoms with E-state index >= 15 is 0 Å². The molecular formula is C21H18N8O3. The van der Waals surface area contributed by atoms with Crippen LogP contribution in [0.2, 0.25) is 0 Å². The Hall–Kier alpha value is -4.28. The molecular weight excluding hydrogens is 412 g/mol. The molecule has 6 rings (SSSR count). The van der Waals surface area contributed by atoms with Crippen LogP contribution in [0.4, 0.5) is 23.1 Å². The molecule has 32 heavy (non-hydrogen) atoms. The molecule has 0 aliphatic carbocycles. The van der Waals surface area contributed by atoms with Gasteiger partial charge in [0.05, 0.1) is 11.3 Å². The number of fused-ring (bicyclic) bond motifs is 3. The summed E-state index contributed by atoms with van der Waals surface area (Å²) in [7, 11) is 0. The van der Waals surface area contributed by atoms with Gasteiger partial charge in [-0.15, -0.1) is 5.10 Å². The molecule has 3 aliphatic heterocycles. The molecule has 1 aromatic carbocycles.